The molecule has 0 radical (unpaired) electrons. The lowest BCUT2D eigenvalue weighted by molar-refractivity contribution is -0.132. The normalized spacial score (nSPS) is 15.1. The Kier molecular flexibility index (Phi) is 6.02. The van der Waals surface area contributed by atoms with Crippen LogP contribution >= 0.6 is 22.7 Å². The van der Waals surface area contributed by atoms with Crippen molar-refractivity contribution in [1.82, 2.24) is 15.2 Å². The van der Waals surface area contributed by atoms with Gasteiger partial charge in [0.25, 0.3) is 5.91 Å². The Morgan fingerprint density at radius 3 is 2.75 bits per heavy atom. The summed E-state index contributed by atoms with van der Waals surface area (Å²) in [5.41, 5.74) is 1.76. The number of amides is 2. The first-order valence-electron chi connectivity index (χ1n) is 9.64. The molecule has 28 heavy (non-hydrogen) atoms. The number of carbonyl (C=O) groups is 2. The lowest BCUT2D eigenvalue weighted by Crippen LogP contribution is -2.38. The van der Waals surface area contributed by atoms with Crippen LogP contribution in [0.2, 0.25) is 0 Å². The number of thiophene rings is 1. The molecule has 4 rings (SSSR count). The largest absolute Gasteiger partial charge is 0.352 e. The number of hydrogen-bond donors (Lipinski definition) is 1. The van der Waals surface area contributed by atoms with E-state index in [0.717, 1.165) is 31.4 Å². The smallest absolute Gasteiger partial charge is 0.252 e. The number of rotatable bonds is 6. The second-order valence-electron chi connectivity index (χ2n) is 7.05. The summed E-state index contributed by atoms with van der Waals surface area (Å²) >= 11 is 3.28. The second-order valence-corrected chi connectivity index (χ2v) is 8.89. The topological polar surface area (TPSA) is 62.3 Å². The van der Waals surface area contributed by atoms with Gasteiger partial charge in [-0.05, 0) is 42.8 Å². The Bertz CT molecular complexity index is 911. The minimum absolute atomic E-state index is 0.0645. The van der Waals surface area contributed by atoms with Crippen LogP contribution in [0.3, 0.4) is 0 Å². The zero-order valence-corrected chi connectivity index (χ0v) is 17.2. The van der Waals surface area contributed by atoms with E-state index >= 15 is 0 Å². The van der Waals surface area contributed by atoms with E-state index in [1.165, 1.54) is 21.0 Å². The fourth-order valence-electron chi connectivity index (χ4n) is 3.54. The van der Waals surface area contributed by atoms with Gasteiger partial charge in [0.1, 0.15) is 0 Å². The Labute approximate surface area is 172 Å². The number of likely N-dealkylation sites (tertiary alicyclic amines) is 1. The van der Waals surface area contributed by atoms with Crippen LogP contribution in [0.5, 0.6) is 0 Å². The second kappa shape index (κ2) is 8.84. The molecule has 7 heteroatoms. The number of fused-ring (bicyclic) bond motifs is 1. The highest BCUT2D eigenvalue weighted by Gasteiger charge is 2.25. The summed E-state index contributed by atoms with van der Waals surface area (Å²) in [6, 6.07) is 10.1. The van der Waals surface area contributed by atoms with Crippen molar-refractivity contribution in [3.8, 4) is 0 Å². The summed E-state index contributed by atoms with van der Waals surface area (Å²) in [6.07, 6.45) is 3.10. The van der Waals surface area contributed by atoms with Gasteiger partial charge >= 0.3 is 0 Å². The van der Waals surface area contributed by atoms with E-state index in [4.69, 9.17) is 4.98 Å². The fraction of sp³-hybridized carbons (Fsp3) is 0.381. The molecule has 146 valence electrons. The number of piperidine rings is 1. The molecule has 1 aromatic carbocycles. The van der Waals surface area contributed by atoms with Gasteiger partial charge < -0.3 is 10.2 Å². The zero-order valence-electron chi connectivity index (χ0n) is 15.6. The Balaban J connectivity index is 1.20. The highest BCUT2D eigenvalue weighted by molar-refractivity contribution is 7.18. The van der Waals surface area contributed by atoms with Crippen LogP contribution in [0.4, 0.5) is 0 Å². The van der Waals surface area contributed by atoms with E-state index in [-0.39, 0.29) is 11.8 Å². The van der Waals surface area contributed by atoms with Crippen molar-refractivity contribution in [2.24, 2.45) is 0 Å². The number of carbonyl (C=O) groups excluding carboxylic acids is 2. The van der Waals surface area contributed by atoms with Crippen LogP contribution in [0.25, 0.3) is 10.2 Å². The summed E-state index contributed by atoms with van der Waals surface area (Å²) in [7, 11) is 0. The molecule has 0 atom stereocenters. The van der Waals surface area contributed by atoms with E-state index < -0.39 is 0 Å². The van der Waals surface area contributed by atoms with Gasteiger partial charge in [-0.1, -0.05) is 12.1 Å². The Hall–Kier alpha value is -2.25. The summed E-state index contributed by atoms with van der Waals surface area (Å²) in [5.74, 6) is 0.573. The molecule has 2 aromatic heterocycles. The van der Waals surface area contributed by atoms with Gasteiger partial charge in [-0.2, -0.15) is 11.3 Å². The quantitative estimate of drug-likeness (QED) is 0.614. The third kappa shape index (κ3) is 4.42. The van der Waals surface area contributed by atoms with Crippen LogP contribution in [-0.4, -0.2) is 41.3 Å². The number of benzene rings is 1. The van der Waals surface area contributed by atoms with Crippen molar-refractivity contribution in [1.29, 1.82) is 0 Å². The molecule has 0 aliphatic carbocycles. The molecule has 5 nitrogen and oxygen atoms in total. The number of hydrogen-bond acceptors (Lipinski definition) is 5. The molecular formula is C21H23N3O2S2. The highest BCUT2D eigenvalue weighted by atomic mass is 32.1. The van der Waals surface area contributed by atoms with Crippen LogP contribution in [-0.2, 0) is 4.79 Å². The predicted molar refractivity (Wildman–Crippen MR) is 114 cm³/mol. The molecule has 3 heterocycles. The number of aromatic nitrogens is 1. The fourth-order valence-corrected chi connectivity index (χ4v) is 5.31. The van der Waals surface area contributed by atoms with Gasteiger partial charge in [-0.3, -0.25) is 9.59 Å². The summed E-state index contributed by atoms with van der Waals surface area (Å²) in [5, 5.41) is 7.79. The minimum Gasteiger partial charge on any atom is -0.352 e. The molecule has 0 spiro atoms. The summed E-state index contributed by atoms with van der Waals surface area (Å²) < 4.78 is 1.24. The maximum absolute atomic E-state index is 12.5. The molecule has 1 saturated heterocycles. The van der Waals surface area contributed by atoms with Crippen molar-refractivity contribution in [2.45, 2.75) is 31.6 Å². The first-order valence-corrected chi connectivity index (χ1v) is 11.4. The van der Waals surface area contributed by atoms with E-state index in [1.54, 1.807) is 17.4 Å². The lowest BCUT2D eigenvalue weighted by Gasteiger charge is -2.31. The first-order chi connectivity index (χ1) is 13.7. The highest BCUT2D eigenvalue weighted by Crippen LogP contribution is 2.33. The Morgan fingerprint density at radius 1 is 1.18 bits per heavy atom. The third-order valence-corrected chi connectivity index (χ3v) is 7.03. The van der Waals surface area contributed by atoms with Gasteiger partial charge in [0.2, 0.25) is 5.91 Å². The monoisotopic (exact) mass is 413 g/mol. The van der Waals surface area contributed by atoms with Crippen molar-refractivity contribution < 1.29 is 9.59 Å². The maximum Gasteiger partial charge on any atom is 0.252 e. The number of nitrogens with one attached hydrogen (secondary N) is 1. The Morgan fingerprint density at radius 2 is 2.00 bits per heavy atom. The average Bonchev–Trinajstić information content (AvgIpc) is 3.41. The van der Waals surface area contributed by atoms with Crippen LogP contribution < -0.4 is 5.32 Å². The van der Waals surface area contributed by atoms with E-state index in [9.17, 15) is 9.59 Å². The SMILES string of the molecule is O=C(NCCCC(=O)N1CCC(c2nc3ccccc3s2)CC1)c1ccsc1. The third-order valence-electron chi connectivity index (χ3n) is 5.14. The number of thiazole rings is 1. The zero-order chi connectivity index (χ0) is 19.3. The van der Waals surface area contributed by atoms with Crippen LogP contribution in [0, 0.1) is 0 Å². The molecule has 0 bridgehead atoms. The van der Waals surface area contributed by atoms with Crippen molar-refractivity contribution in [3.05, 3.63) is 51.7 Å². The van der Waals surface area contributed by atoms with Gasteiger partial charge in [0.05, 0.1) is 15.2 Å². The summed E-state index contributed by atoms with van der Waals surface area (Å²) in [6.45, 7) is 2.12. The van der Waals surface area contributed by atoms with Gasteiger partial charge in [0.15, 0.2) is 0 Å². The van der Waals surface area contributed by atoms with E-state index in [2.05, 4.69) is 17.4 Å². The predicted octanol–water partition coefficient (Wildman–Crippen LogP) is 4.27. The first kappa shape index (κ1) is 19.1. The minimum atomic E-state index is -0.0645. The molecule has 2 amide bonds. The van der Waals surface area contributed by atoms with E-state index in [1.807, 2.05) is 27.8 Å². The molecular weight excluding hydrogens is 390 g/mol. The van der Waals surface area contributed by atoms with Crippen molar-refractivity contribution in [2.75, 3.05) is 19.6 Å². The summed E-state index contributed by atoms with van der Waals surface area (Å²) in [4.78, 5) is 31.1. The lowest BCUT2D eigenvalue weighted by atomic mass is 9.97. The molecule has 0 unspecified atom stereocenters. The van der Waals surface area contributed by atoms with Gasteiger partial charge in [-0.15, -0.1) is 11.3 Å². The molecule has 0 saturated carbocycles. The van der Waals surface area contributed by atoms with Crippen molar-refractivity contribution in [3.63, 3.8) is 0 Å². The van der Waals surface area contributed by atoms with E-state index in [0.29, 0.717) is 30.9 Å². The van der Waals surface area contributed by atoms with Crippen LogP contribution in [0.15, 0.2) is 41.1 Å². The molecule has 3 aromatic rings. The molecule has 1 N–H and O–H groups in total. The number of para-hydroxylation sites is 1. The van der Waals surface area contributed by atoms with Crippen LogP contribution in [0.1, 0.15) is 47.0 Å². The molecule has 1 aliphatic heterocycles. The maximum atomic E-state index is 12.5. The molecule has 1 aliphatic rings. The number of nitrogens with zero attached hydrogens (tertiary/aromatic N) is 2. The average molecular weight is 414 g/mol. The standard InChI is InChI=1S/C21H23N3O2S2/c25-19(6-3-10-22-20(26)16-9-13-27-14-16)24-11-7-15(8-12-24)21-23-17-4-1-2-5-18(17)28-21/h1-2,4-5,9,13-15H,3,6-8,10-12H2,(H,22,26). The van der Waals surface area contributed by atoms with Gasteiger partial charge in [0, 0.05) is 42.9 Å². The molecule has 1 fully saturated rings. The van der Waals surface area contributed by atoms with Gasteiger partial charge in [-0.25, -0.2) is 4.98 Å². The van der Waals surface area contributed by atoms with Crippen molar-refractivity contribution >= 4 is 44.7 Å².